The molecule has 1 heteroatoms. The Morgan fingerprint density at radius 3 is 1.44 bits per heavy atom. The van der Waals surface area contributed by atoms with Gasteiger partial charge in [0.05, 0.1) is 5.41 Å². The van der Waals surface area contributed by atoms with E-state index < -0.39 is 0 Å². The third-order valence-corrected chi connectivity index (χ3v) is 11.2. The van der Waals surface area contributed by atoms with Crippen molar-refractivity contribution in [2.45, 2.75) is 5.41 Å². The minimum absolute atomic E-state index is 0.373. The zero-order valence-corrected chi connectivity index (χ0v) is 27.3. The lowest BCUT2D eigenvalue weighted by atomic mass is 9.70. The first kappa shape index (κ1) is 27.5. The Kier molecular flexibility index (Phi) is 5.66. The number of hydrogen-bond donors (Lipinski definition) is 0. The predicted octanol–water partition coefficient (Wildman–Crippen LogP) is 13.0. The summed E-state index contributed by atoms with van der Waals surface area (Å²) in [6, 6.07) is 69.5. The first-order valence-electron chi connectivity index (χ1n) is 17.4. The standard InChI is InChI=1S/C49H31N/c1-3-15-34(16-4-1)50(35-17-5-2-6-18-35)36-19-11-14-32(30-36)33-28-29-44-42(31-33)39-22-9-10-25-43(39)49(44)45-26-12-23-40-37-20-7-8-21-38(37)41-24-13-27-46(49)48(41)47(40)45/h1-31H. The summed E-state index contributed by atoms with van der Waals surface area (Å²) in [7, 11) is 0. The van der Waals surface area contributed by atoms with E-state index in [1.807, 2.05) is 0 Å². The molecule has 1 spiro atoms. The van der Waals surface area contributed by atoms with Crippen LogP contribution in [-0.4, -0.2) is 0 Å². The molecule has 0 saturated carbocycles. The second-order valence-corrected chi connectivity index (χ2v) is 13.6. The van der Waals surface area contributed by atoms with Crippen LogP contribution in [0.4, 0.5) is 17.1 Å². The van der Waals surface area contributed by atoms with Crippen LogP contribution in [0.2, 0.25) is 0 Å². The number of hydrogen-bond acceptors (Lipinski definition) is 1. The van der Waals surface area contributed by atoms with E-state index in [0.29, 0.717) is 0 Å². The van der Waals surface area contributed by atoms with Crippen LogP contribution in [0.1, 0.15) is 22.3 Å². The SMILES string of the molecule is c1ccc(N(c2ccccc2)c2cccc(-c3ccc4c(c3)-c3ccccc3C43c4cccc5c6ccccc6c6cccc3c6c45)c2)cc1. The molecular weight excluding hydrogens is 603 g/mol. The first-order valence-corrected chi connectivity index (χ1v) is 17.4. The maximum absolute atomic E-state index is 2.44. The van der Waals surface area contributed by atoms with Gasteiger partial charge in [-0.3, -0.25) is 0 Å². The zero-order chi connectivity index (χ0) is 32.8. The van der Waals surface area contributed by atoms with Crippen molar-refractivity contribution in [1.82, 2.24) is 0 Å². The molecule has 0 heterocycles. The molecule has 11 rings (SSSR count). The van der Waals surface area contributed by atoms with Gasteiger partial charge in [-0.25, -0.2) is 0 Å². The van der Waals surface area contributed by atoms with Gasteiger partial charge in [0.1, 0.15) is 0 Å². The molecule has 0 aliphatic heterocycles. The van der Waals surface area contributed by atoms with E-state index in [4.69, 9.17) is 0 Å². The lowest BCUT2D eigenvalue weighted by molar-refractivity contribution is 0.797. The van der Waals surface area contributed by atoms with E-state index >= 15 is 0 Å². The van der Waals surface area contributed by atoms with Gasteiger partial charge in [-0.2, -0.15) is 0 Å². The third kappa shape index (κ3) is 3.56. The maximum atomic E-state index is 2.44. The van der Waals surface area contributed by atoms with Crippen molar-refractivity contribution in [3.63, 3.8) is 0 Å². The summed E-state index contributed by atoms with van der Waals surface area (Å²) in [6.07, 6.45) is 0. The molecule has 0 unspecified atom stereocenters. The van der Waals surface area contributed by atoms with Crippen LogP contribution in [0.15, 0.2) is 188 Å². The molecule has 0 fully saturated rings. The van der Waals surface area contributed by atoms with Crippen LogP contribution in [-0.2, 0) is 5.41 Å². The Morgan fingerprint density at radius 1 is 0.300 bits per heavy atom. The van der Waals surface area contributed by atoms with Gasteiger partial charge in [0.25, 0.3) is 0 Å². The highest BCUT2D eigenvalue weighted by atomic mass is 15.1. The summed E-state index contributed by atoms with van der Waals surface area (Å²) < 4.78 is 0. The van der Waals surface area contributed by atoms with Crippen molar-refractivity contribution >= 4 is 49.4 Å². The third-order valence-electron chi connectivity index (χ3n) is 11.2. The second kappa shape index (κ2) is 10.3. The fraction of sp³-hybridized carbons (Fsp3) is 0.0204. The molecule has 2 aliphatic carbocycles. The number of rotatable bonds is 4. The molecule has 9 aromatic rings. The summed E-state index contributed by atoms with van der Waals surface area (Å²) in [5.74, 6) is 0. The van der Waals surface area contributed by atoms with Crippen LogP contribution in [0, 0.1) is 0 Å². The van der Waals surface area contributed by atoms with E-state index in [9.17, 15) is 0 Å². The normalized spacial score (nSPS) is 13.4. The minimum Gasteiger partial charge on any atom is -0.310 e. The molecule has 0 amide bonds. The second-order valence-electron chi connectivity index (χ2n) is 13.6. The molecule has 9 aromatic carbocycles. The largest absolute Gasteiger partial charge is 0.310 e. The number of anilines is 3. The van der Waals surface area contributed by atoms with Crippen LogP contribution >= 0.6 is 0 Å². The first-order chi connectivity index (χ1) is 24.8. The van der Waals surface area contributed by atoms with E-state index in [2.05, 4.69) is 193 Å². The van der Waals surface area contributed by atoms with Gasteiger partial charge in [0, 0.05) is 17.1 Å². The quantitative estimate of drug-likeness (QED) is 0.174. The monoisotopic (exact) mass is 633 g/mol. The highest BCUT2D eigenvalue weighted by Crippen LogP contribution is 2.63. The zero-order valence-electron chi connectivity index (χ0n) is 27.3. The van der Waals surface area contributed by atoms with Gasteiger partial charge < -0.3 is 4.90 Å². The molecular formula is C49H31N. The van der Waals surface area contributed by atoms with Crippen molar-refractivity contribution in [3.8, 4) is 22.3 Å². The van der Waals surface area contributed by atoms with E-state index in [1.54, 1.807) is 0 Å². The highest BCUT2D eigenvalue weighted by Gasteiger charge is 2.50. The average molecular weight is 634 g/mol. The van der Waals surface area contributed by atoms with E-state index in [1.165, 1.54) is 76.8 Å². The van der Waals surface area contributed by atoms with E-state index in [0.717, 1.165) is 17.1 Å². The molecule has 50 heavy (non-hydrogen) atoms. The predicted molar refractivity (Wildman–Crippen MR) is 210 cm³/mol. The van der Waals surface area contributed by atoms with Crippen molar-refractivity contribution in [2.75, 3.05) is 4.90 Å². The van der Waals surface area contributed by atoms with Gasteiger partial charge in [-0.05, 0) is 119 Å². The van der Waals surface area contributed by atoms with E-state index in [-0.39, 0.29) is 5.41 Å². The lowest BCUT2D eigenvalue weighted by Crippen LogP contribution is -2.26. The number of nitrogens with zero attached hydrogens (tertiary/aromatic N) is 1. The number of fused-ring (bicyclic) bond motifs is 10. The minimum atomic E-state index is -0.373. The summed E-state index contributed by atoms with van der Waals surface area (Å²) in [5, 5.41) is 8.14. The molecule has 1 nitrogen and oxygen atoms in total. The Bertz CT molecular complexity index is 2690. The van der Waals surface area contributed by atoms with Crippen molar-refractivity contribution in [2.24, 2.45) is 0 Å². The lowest BCUT2D eigenvalue weighted by Gasteiger charge is -2.31. The average Bonchev–Trinajstić information content (AvgIpc) is 3.66. The van der Waals surface area contributed by atoms with Crippen LogP contribution in [0.25, 0.3) is 54.6 Å². The van der Waals surface area contributed by atoms with Crippen LogP contribution in [0.3, 0.4) is 0 Å². The Hall–Kier alpha value is -6.44. The van der Waals surface area contributed by atoms with Gasteiger partial charge >= 0.3 is 0 Å². The smallest absolute Gasteiger partial charge is 0.0725 e. The number of para-hydroxylation sites is 2. The molecule has 0 N–H and O–H groups in total. The maximum Gasteiger partial charge on any atom is 0.0725 e. The van der Waals surface area contributed by atoms with Gasteiger partial charge in [-0.15, -0.1) is 0 Å². The molecule has 0 radical (unpaired) electrons. The summed E-state index contributed by atoms with van der Waals surface area (Å²) in [6.45, 7) is 0. The number of benzene rings is 9. The summed E-state index contributed by atoms with van der Waals surface area (Å²) in [4.78, 5) is 2.34. The van der Waals surface area contributed by atoms with Gasteiger partial charge in [0.2, 0.25) is 0 Å². The van der Waals surface area contributed by atoms with Gasteiger partial charge in [0.15, 0.2) is 0 Å². The Morgan fingerprint density at radius 2 is 0.780 bits per heavy atom. The van der Waals surface area contributed by atoms with Crippen molar-refractivity contribution in [3.05, 3.63) is 210 Å². The van der Waals surface area contributed by atoms with Crippen LogP contribution in [0.5, 0.6) is 0 Å². The topological polar surface area (TPSA) is 3.24 Å². The fourth-order valence-electron chi connectivity index (χ4n) is 9.29. The van der Waals surface area contributed by atoms with Crippen molar-refractivity contribution < 1.29 is 0 Å². The molecule has 0 saturated heterocycles. The highest BCUT2D eigenvalue weighted by molar-refractivity contribution is 6.29. The summed E-state index contributed by atoms with van der Waals surface area (Å²) in [5.41, 5.74) is 13.6. The van der Waals surface area contributed by atoms with Gasteiger partial charge in [-0.1, -0.05) is 146 Å². The molecule has 232 valence electrons. The molecule has 0 aromatic heterocycles. The fourth-order valence-corrected chi connectivity index (χ4v) is 9.29. The molecule has 0 atom stereocenters. The Balaban J connectivity index is 1.14. The molecule has 0 bridgehead atoms. The van der Waals surface area contributed by atoms with Crippen LogP contribution < -0.4 is 4.90 Å². The Labute approximate surface area is 291 Å². The van der Waals surface area contributed by atoms with Crippen molar-refractivity contribution in [1.29, 1.82) is 0 Å². The summed E-state index contributed by atoms with van der Waals surface area (Å²) >= 11 is 0. The molecule has 2 aliphatic rings.